The SMILES string of the molecule is CC1CCCN(C(=O)Cc2csc(-c3ncn[nH]3)n2)C1CN. The number of aromatic nitrogens is 4. The van der Waals surface area contributed by atoms with Gasteiger partial charge in [-0.25, -0.2) is 9.97 Å². The van der Waals surface area contributed by atoms with Crippen LogP contribution in [0.5, 0.6) is 0 Å². The number of nitrogens with one attached hydrogen (secondary N) is 1. The van der Waals surface area contributed by atoms with Gasteiger partial charge in [0.25, 0.3) is 0 Å². The molecule has 3 heterocycles. The number of rotatable bonds is 4. The van der Waals surface area contributed by atoms with Gasteiger partial charge in [-0.3, -0.25) is 9.89 Å². The van der Waals surface area contributed by atoms with E-state index in [1.54, 1.807) is 0 Å². The molecule has 1 aliphatic rings. The van der Waals surface area contributed by atoms with Crippen molar-refractivity contribution < 1.29 is 4.79 Å². The molecule has 118 valence electrons. The number of likely N-dealkylation sites (tertiary alicyclic amines) is 1. The van der Waals surface area contributed by atoms with Crippen molar-refractivity contribution in [3.05, 3.63) is 17.4 Å². The molecule has 1 amide bonds. The van der Waals surface area contributed by atoms with Crippen molar-refractivity contribution in [3.63, 3.8) is 0 Å². The van der Waals surface area contributed by atoms with Gasteiger partial charge in [-0.05, 0) is 18.8 Å². The fraction of sp³-hybridized carbons (Fsp3) is 0.571. The summed E-state index contributed by atoms with van der Waals surface area (Å²) < 4.78 is 0. The zero-order valence-electron chi connectivity index (χ0n) is 12.5. The Morgan fingerprint density at radius 1 is 1.59 bits per heavy atom. The Balaban J connectivity index is 1.69. The molecule has 1 saturated heterocycles. The monoisotopic (exact) mass is 320 g/mol. The fourth-order valence-electron chi connectivity index (χ4n) is 2.98. The summed E-state index contributed by atoms with van der Waals surface area (Å²) >= 11 is 1.46. The van der Waals surface area contributed by atoms with Gasteiger partial charge in [0.15, 0.2) is 10.8 Å². The average molecular weight is 320 g/mol. The molecule has 2 atom stereocenters. The number of hydrogen-bond donors (Lipinski definition) is 2. The lowest BCUT2D eigenvalue weighted by Crippen LogP contribution is -2.51. The summed E-state index contributed by atoms with van der Waals surface area (Å²) in [6.45, 7) is 3.49. The highest BCUT2D eigenvalue weighted by atomic mass is 32.1. The zero-order chi connectivity index (χ0) is 15.5. The molecular weight excluding hydrogens is 300 g/mol. The van der Waals surface area contributed by atoms with Crippen LogP contribution in [-0.2, 0) is 11.2 Å². The highest BCUT2D eigenvalue weighted by molar-refractivity contribution is 7.13. The number of amides is 1. The molecule has 8 heteroatoms. The van der Waals surface area contributed by atoms with E-state index in [2.05, 4.69) is 27.1 Å². The van der Waals surface area contributed by atoms with Crippen molar-refractivity contribution in [1.82, 2.24) is 25.1 Å². The number of hydrogen-bond acceptors (Lipinski definition) is 6. The molecule has 0 bridgehead atoms. The van der Waals surface area contributed by atoms with Crippen molar-refractivity contribution in [2.75, 3.05) is 13.1 Å². The van der Waals surface area contributed by atoms with Crippen molar-refractivity contribution in [2.45, 2.75) is 32.2 Å². The van der Waals surface area contributed by atoms with E-state index in [0.717, 1.165) is 30.1 Å². The van der Waals surface area contributed by atoms with E-state index in [1.807, 2.05) is 10.3 Å². The van der Waals surface area contributed by atoms with Gasteiger partial charge in [-0.15, -0.1) is 11.3 Å². The highest BCUT2D eigenvalue weighted by Gasteiger charge is 2.30. The molecular formula is C14H20N6OS. The van der Waals surface area contributed by atoms with E-state index in [-0.39, 0.29) is 11.9 Å². The third kappa shape index (κ3) is 3.02. The number of piperidine rings is 1. The van der Waals surface area contributed by atoms with Gasteiger partial charge in [0.1, 0.15) is 6.33 Å². The quantitative estimate of drug-likeness (QED) is 0.877. The van der Waals surface area contributed by atoms with E-state index >= 15 is 0 Å². The summed E-state index contributed by atoms with van der Waals surface area (Å²) in [5, 5.41) is 9.25. The Kier molecular flexibility index (Phi) is 4.49. The summed E-state index contributed by atoms with van der Waals surface area (Å²) in [6.07, 6.45) is 3.94. The lowest BCUT2D eigenvalue weighted by Gasteiger charge is -2.39. The number of aromatic amines is 1. The van der Waals surface area contributed by atoms with E-state index in [9.17, 15) is 4.79 Å². The summed E-state index contributed by atoms with van der Waals surface area (Å²) in [5.41, 5.74) is 6.63. The molecule has 2 aromatic rings. The van der Waals surface area contributed by atoms with Gasteiger partial charge < -0.3 is 10.6 Å². The largest absolute Gasteiger partial charge is 0.338 e. The zero-order valence-corrected chi connectivity index (χ0v) is 13.3. The third-order valence-corrected chi connectivity index (χ3v) is 5.08. The van der Waals surface area contributed by atoms with Crippen LogP contribution in [0, 0.1) is 5.92 Å². The minimum Gasteiger partial charge on any atom is -0.338 e. The number of nitrogens with two attached hydrogens (primary N) is 1. The second kappa shape index (κ2) is 6.53. The van der Waals surface area contributed by atoms with Crippen LogP contribution < -0.4 is 5.73 Å². The van der Waals surface area contributed by atoms with Crippen LogP contribution in [0.1, 0.15) is 25.5 Å². The molecule has 0 spiro atoms. The molecule has 0 radical (unpaired) electrons. The predicted octanol–water partition coefficient (Wildman–Crippen LogP) is 1.06. The molecule has 1 aliphatic heterocycles. The van der Waals surface area contributed by atoms with E-state index < -0.39 is 0 Å². The molecule has 2 unspecified atom stereocenters. The summed E-state index contributed by atoms with van der Waals surface area (Å²) in [6, 6.07) is 0.147. The van der Waals surface area contributed by atoms with Crippen LogP contribution in [0.15, 0.2) is 11.7 Å². The lowest BCUT2D eigenvalue weighted by molar-refractivity contribution is -0.135. The molecule has 0 aromatic carbocycles. The third-order valence-electron chi connectivity index (χ3n) is 4.18. The average Bonchev–Trinajstić information content (AvgIpc) is 3.17. The maximum atomic E-state index is 12.6. The molecule has 7 nitrogen and oxygen atoms in total. The number of nitrogens with zero attached hydrogens (tertiary/aromatic N) is 4. The first kappa shape index (κ1) is 15.1. The number of H-pyrrole nitrogens is 1. The van der Waals surface area contributed by atoms with E-state index in [1.165, 1.54) is 17.7 Å². The van der Waals surface area contributed by atoms with Crippen molar-refractivity contribution in [3.8, 4) is 10.8 Å². The van der Waals surface area contributed by atoms with Gasteiger partial charge in [0.2, 0.25) is 5.91 Å². The van der Waals surface area contributed by atoms with Gasteiger partial charge >= 0.3 is 0 Å². The minimum absolute atomic E-state index is 0.108. The lowest BCUT2D eigenvalue weighted by atomic mass is 9.90. The molecule has 0 saturated carbocycles. The Labute approximate surface area is 133 Å². The highest BCUT2D eigenvalue weighted by Crippen LogP contribution is 2.24. The van der Waals surface area contributed by atoms with Crippen LogP contribution in [0.4, 0.5) is 0 Å². The Bertz CT molecular complexity index is 625. The van der Waals surface area contributed by atoms with Crippen molar-refractivity contribution in [1.29, 1.82) is 0 Å². The normalized spacial score (nSPS) is 22.0. The second-order valence-electron chi connectivity index (χ2n) is 5.66. The van der Waals surface area contributed by atoms with Crippen molar-refractivity contribution >= 4 is 17.2 Å². The van der Waals surface area contributed by atoms with Crippen LogP contribution in [0.2, 0.25) is 0 Å². The Hall–Kier alpha value is -1.80. The van der Waals surface area contributed by atoms with Gasteiger partial charge in [0.05, 0.1) is 12.1 Å². The van der Waals surface area contributed by atoms with Crippen LogP contribution in [0.3, 0.4) is 0 Å². The van der Waals surface area contributed by atoms with E-state index in [0.29, 0.717) is 24.7 Å². The number of carbonyl (C=O) groups excluding carboxylic acids is 1. The first-order valence-corrected chi connectivity index (χ1v) is 8.36. The van der Waals surface area contributed by atoms with Gasteiger partial charge in [0, 0.05) is 24.5 Å². The van der Waals surface area contributed by atoms with Crippen LogP contribution >= 0.6 is 11.3 Å². The Morgan fingerprint density at radius 2 is 2.45 bits per heavy atom. The second-order valence-corrected chi connectivity index (χ2v) is 6.52. The smallest absolute Gasteiger partial charge is 0.228 e. The summed E-state index contributed by atoms with van der Waals surface area (Å²) in [4.78, 5) is 23.0. The molecule has 1 fully saturated rings. The minimum atomic E-state index is 0.108. The molecule has 22 heavy (non-hydrogen) atoms. The standard InChI is InChI=1S/C14H20N6OS/c1-9-3-2-4-20(11(9)6-15)12(21)5-10-7-22-14(18-10)13-16-8-17-19-13/h7-9,11H,2-6,15H2,1H3,(H,16,17,19). The van der Waals surface area contributed by atoms with E-state index in [4.69, 9.17) is 5.73 Å². The number of thiazole rings is 1. The van der Waals surface area contributed by atoms with Crippen LogP contribution in [0.25, 0.3) is 10.8 Å². The van der Waals surface area contributed by atoms with Crippen molar-refractivity contribution in [2.24, 2.45) is 11.7 Å². The van der Waals surface area contributed by atoms with Gasteiger partial charge in [-0.1, -0.05) is 6.92 Å². The first-order chi connectivity index (χ1) is 10.7. The molecule has 2 aromatic heterocycles. The summed E-state index contributed by atoms with van der Waals surface area (Å²) in [7, 11) is 0. The summed E-state index contributed by atoms with van der Waals surface area (Å²) in [5.74, 6) is 1.20. The first-order valence-electron chi connectivity index (χ1n) is 7.48. The number of carbonyl (C=O) groups is 1. The predicted molar refractivity (Wildman–Crippen MR) is 84.1 cm³/mol. The van der Waals surface area contributed by atoms with Gasteiger partial charge in [-0.2, -0.15) is 5.10 Å². The maximum Gasteiger partial charge on any atom is 0.228 e. The Morgan fingerprint density at radius 3 is 3.18 bits per heavy atom. The topological polar surface area (TPSA) is 101 Å². The maximum absolute atomic E-state index is 12.6. The molecule has 3 rings (SSSR count). The molecule has 0 aliphatic carbocycles. The fourth-order valence-corrected chi connectivity index (χ4v) is 3.74. The molecule has 3 N–H and O–H groups in total. The van der Waals surface area contributed by atoms with Crippen LogP contribution in [-0.4, -0.2) is 50.1 Å².